The van der Waals surface area contributed by atoms with Gasteiger partial charge >= 0.3 is 0 Å². The van der Waals surface area contributed by atoms with E-state index in [2.05, 4.69) is 165 Å². The molecule has 2 aromatic heterocycles. The van der Waals surface area contributed by atoms with Crippen LogP contribution in [0, 0.1) is 12.1 Å². The molecule has 5 aromatic carbocycles. The molecule has 0 saturated carbocycles. The largest absolute Gasteiger partial charge is 0.319 e. The van der Waals surface area contributed by atoms with Crippen LogP contribution in [0.1, 0.15) is 38.8 Å². The Labute approximate surface area is 290 Å². The van der Waals surface area contributed by atoms with Gasteiger partial charge in [0.1, 0.15) is 17.2 Å². The Kier molecular flexibility index (Phi) is 7.99. The summed E-state index contributed by atoms with van der Waals surface area (Å²) < 4.78 is 2.25. The van der Waals surface area contributed by atoms with E-state index in [9.17, 15) is 0 Å². The number of nitrogens with zero attached hydrogens (tertiary/aromatic N) is 4. The number of hydrogen-bond donors (Lipinski definition) is 0. The molecule has 236 valence electrons. The van der Waals surface area contributed by atoms with E-state index in [0.29, 0.717) is 0 Å². The second-order valence-corrected chi connectivity index (χ2v) is 12.7. The minimum Gasteiger partial charge on any atom is -0.319 e. The summed E-state index contributed by atoms with van der Waals surface area (Å²) in [6.07, 6.45) is 1.90. The molecule has 0 unspecified atom stereocenters. The molecule has 1 N–H and O–H groups in total. The van der Waals surface area contributed by atoms with E-state index in [0.717, 1.165) is 61.6 Å². The number of benzene rings is 5. The van der Waals surface area contributed by atoms with Crippen molar-refractivity contribution < 1.29 is 26.0 Å². The Morgan fingerprint density at radius 3 is 2.21 bits per heavy atom. The van der Waals surface area contributed by atoms with Crippen molar-refractivity contribution in [3.63, 3.8) is 0 Å². The van der Waals surface area contributed by atoms with Gasteiger partial charge in [-0.25, -0.2) is 4.98 Å². The number of hydroxylamine groups is 1. The third-order valence-corrected chi connectivity index (χ3v) is 9.05. The van der Waals surface area contributed by atoms with Crippen LogP contribution >= 0.6 is 0 Å². The van der Waals surface area contributed by atoms with E-state index in [1.165, 1.54) is 5.39 Å². The van der Waals surface area contributed by atoms with Crippen LogP contribution in [0.15, 0.2) is 128 Å². The molecule has 3 heterocycles. The molecular weight excluding hydrogens is 760 g/mol. The first kappa shape index (κ1) is 30.9. The predicted molar refractivity (Wildman–Crippen MR) is 188 cm³/mol. The summed E-state index contributed by atoms with van der Waals surface area (Å²) in [5.74, 6) is 0.872. The summed E-state index contributed by atoms with van der Waals surface area (Å²) >= 11 is 0. The monoisotopic (exact) mass is 794 g/mol. The van der Waals surface area contributed by atoms with Crippen molar-refractivity contribution in [2.75, 3.05) is 10.1 Å². The van der Waals surface area contributed by atoms with Crippen molar-refractivity contribution >= 4 is 38.9 Å². The van der Waals surface area contributed by atoms with E-state index in [-0.39, 0.29) is 32.5 Å². The van der Waals surface area contributed by atoms with Crippen molar-refractivity contribution in [1.29, 1.82) is 0 Å². The Hall–Kier alpha value is -4.70. The summed E-state index contributed by atoms with van der Waals surface area (Å²) in [6.45, 7) is 8.81. The molecule has 0 spiro atoms. The number of fused-ring (bicyclic) bond motifs is 4. The first-order valence-electron chi connectivity index (χ1n) is 15.8. The molecule has 5 nitrogen and oxygen atoms in total. The van der Waals surface area contributed by atoms with Gasteiger partial charge in [-0.2, -0.15) is 46.4 Å². The SMILES string of the molecule is CC(C)N1[OH+]N(c2[c-]c(C(C)(C)c3[c-]c4c(cc3)c3ccccc3n4-c3cc(-c4ccccc4)ccn3)ccc2)c2ccccc21.[Pt]. The molecule has 6 heteroatoms. The maximum Gasteiger partial charge on any atom is 0.145 e. The molecular formula is C41H35N4OPt-. The van der Waals surface area contributed by atoms with Crippen LogP contribution in [-0.4, -0.2) is 20.5 Å². The molecule has 7 aromatic rings. The normalized spacial score (nSPS) is 13.0. The van der Waals surface area contributed by atoms with Gasteiger partial charge in [0.2, 0.25) is 0 Å². The second kappa shape index (κ2) is 12.1. The predicted octanol–water partition coefficient (Wildman–Crippen LogP) is 9.98. The summed E-state index contributed by atoms with van der Waals surface area (Å²) in [5.41, 5.74) is 9.26. The molecule has 0 aliphatic carbocycles. The summed E-state index contributed by atoms with van der Waals surface area (Å²) in [6, 6.07) is 50.2. The smallest absolute Gasteiger partial charge is 0.145 e. The molecule has 47 heavy (non-hydrogen) atoms. The van der Waals surface area contributed by atoms with Gasteiger partial charge in [0, 0.05) is 38.5 Å². The average molecular weight is 795 g/mol. The minimum atomic E-state index is -0.387. The quantitative estimate of drug-likeness (QED) is 0.124. The van der Waals surface area contributed by atoms with E-state index in [1.54, 1.807) is 0 Å². The number of para-hydroxylation sites is 3. The zero-order chi connectivity index (χ0) is 31.4. The molecule has 1 aliphatic rings. The standard InChI is InChI=1S/C41H34N4O.Pt/c1-28(2)44-37-19-10-11-20-38(37)45(46-44)33-16-12-15-31(26-33)41(3,4)32-21-22-35-34-17-8-9-18-36(34)43(39(35)27-32)40-25-30(23-24-42-40)29-13-6-5-7-14-29;/h5-25,28H,1-4H3;/q-2;/p+1. The van der Waals surface area contributed by atoms with Gasteiger partial charge < -0.3 is 4.57 Å². The zero-order valence-electron chi connectivity index (χ0n) is 26.8. The Morgan fingerprint density at radius 1 is 0.681 bits per heavy atom. The second-order valence-electron chi connectivity index (χ2n) is 12.7. The summed E-state index contributed by atoms with van der Waals surface area (Å²) in [5, 5.41) is 6.41. The van der Waals surface area contributed by atoms with Crippen molar-refractivity contribution in [2.45, 2.75) is 39.2 Å². The summed E-state index contributed by atoms with van der Waals surface area (Å²) in [7, 11) is 0. The third kappa shape index (κ3) is 5.24. The maximum atomic E-state index is 4.98. The number of pyridine rings is 1. The van der Waals surface area contributed by atoms with Crippen molar-refractivity contribution in [3.8, 4) is 16.9 Å². The van der Waals surface area contributed by atoms with Gasteiger partial charge in [0.15, 0.2) is 0 Å². The van der Waals surface area contributed by atoms with Crippen molar-refractivity contribution in [1.82, 2.24) is 9.55 Å². The Bertz CT molecular complexity index is 2220. The van der Waals surface area contributed by atoms with E-state index in [1.807, 2.05) is 17.3 Å². The minimum absolute atomic E-state index is 0. The molecule has 0 saturated heterocycles. The van der Waals surface area contributed by atoms with Gasteiger partial charge in [-0.3, -0.25) is 0 Å². The number of aromatic nitrogens is 2. The molecule has 8 rings (SSSR count). The van der Waals surface area contributed by atoms with Crippen LogP contribution in [0.4, 0.5) is 17.1 Å². The van der Waals surface area contributed by atoms with Crippen molar-refractivity contribution in [3.05, 3.63) is 151 Å². The van der Waals surface area contributed by atoms with Crippen LogP contribution < -0.4 is 10.1 Å². The van der Waals surface area contributed by atoms with Crippen LogP contribution in [0.25, 0.3) is 38.8 Å². The number of anilines is 3. The molecule has 0 bridgehead atoms. The molecule has 0 amide bonds. The fourth-order valence-electron chi connectivity index (χ4n) is 6.53. The van der Waals surface area contributed by atoms with Gasteiger partial charge in [0.05, 0.1) is 6.04 Å². The molecule has 0 fully saturated rings. The van der Waals surface area contributed by atoms with Gasteiger partial charge in [-0.15, -0.1) is 27.6 Å². The first-order chi connectivity index (χ1) is 22.4. The number of rotatable bonds is 6. The Balaban J connectivity index is 0.00000351. The van der Waals surface area contributed by atoms with Crippen LogP contribution in [0.3, 0.4) is 0 Å². The molecule has 0 radical (unpaired) electrons. The van der Waals surface area contributed by atoms with E-state index in [4.69, 9.17) is 9.92 Å². The van der Waals surface area contributed by atoms with Crippen LogP contribution in [0.2, 0.25) is 0 Å². The van der Waals surface area contributed by atoms with Crippen LogP contribution in [0.5, 0.6) is 0 Å². The first-order valence-corrected chi connectivity index (χ1v) is 15.8. The van der Waals surface area contributed by atoms with Crippen LogP contribution in [-0.2, 0) is 26.5 Å². The van der Waals surface area contributed by atoms with E-state index < -0.39 is 0 Å². The summed E-state index contributed by atoms with van der Waals surface area (Å²) in [4.78, 5) is 9.85. The topological polar surface area (TPSA) is 37.1 Å². The van der Waals surface area contributed by atoms with Gasteiger partial charge in [0.25, 0.3) is 0 Å². The fourth-order valence-corrected chi connectivity index (χ4v) is 6.53. The number of hydrogen-bond acceptors (Lipinski definition) is 3. The van der Waals surface area contributed by atoms with Gasteiger partial charge in [-0.05, 0) is 66.1 Å². The van der Waals surface area contributed by atoms with E-state index >= 15 is 0 Å². The third-order valence-electron chi connectivity index (χ3n) is 9.05. The molecule has 1 aliphatic heterocycles. The average Bonchev–Trinajstić information content (AvgIpc) is 3.65. The van der Waals surface area contributed by atoms with Gasteiger partial charge in [-0.1, -0.05) is 80.0 Å². The maximum absolute atomic E-state index is 4.98. The fraction of sp³-hybridized carbons (Fsp3) is 0.146. The van der Waals surface area contributed by atoms with Crippen molar-refractivity contribution in [2.24, 2.45) is 0 Å². The Morgan fingerprint density at radius 2 is 1.40 bits per heavy atom. The zero-order valence-corrected chi connectivity index (χ0v) is 29.0. The molecule has 0 atom stereocenters.